The Morgan fingerprint density at radius 3 is 2.44 bits per heavy atom. The molecular formula is C25H26N2O4S. The van der Waals surface area contributed by atoms with Gasteiger partial charge in [0.25, 0.3) is 0 Å². The van der Waals surface area contributed by atoms with E-state index in [-0.39, 0.29) is 0 Å². The summed E-state index contributed by atoms with van der Waals surface area (Å²) in [4.78, 5) is 20.9. The molecule has 0 amide bonds. The van der Waals surface area contributed by atoms with Crippen LogP contribution >= 0.6 is 11.8 Å². The first-order valence-corrected chi connectivity index (χ1v) is 11.5. The summed E-state index contributed by atoms with van der Waals surface area (Å²) in [6.07, 6.45) is 4.06. The highest BCUT2D eigenvalue weighted by atomic mass is 32.2. The van der Waals surface area contributed by atoms with Crippen LogP contribution < -0.4 is 4.74 Å². The zero-order valence-electron chi connectivity index (χ0n) is 18.1. The Bertz CT molecular complexity index is 1020. The summed E-state index contributed by atoms with van der Waals surface area (Å²) in [5, 5.41) is 12.9. The normalized spacial score (nSPS) is 12.2. The molecule has 6 nitrogen and oxygen atoms in total. The Hall–Kier alpha value is -3.32. The van der Waals surface area contributed by atoms with Gasteiger partial charge in [-0.1, -0.05) is 47.6 Å². The number of carbonyl (C=O) groups is 1. The van der Waals surface area contributed by atoms with Gasteiger partial charge < -0.3 is 14.7 Å². The lowest BCUT2D eigenvalue weighted by Crippen LogP contribution is -2.18. The molecule has 166 valence electrons. The van der Waals surface area contributed by atoms with E-state index in [2.05, 4.69) is 10.1 Å². The van der Waals surface area contributed by atoms with E-state index in [1.807, 2.05) is 73.7 Å². The number of hydrogen-bond donors (Lipinski definition) is 1. The van der Waals surface area contributed by atoms with E-state index >= 15 is 0 Å². The Kier molecular flexibility index (Phi) is 8.69. The van der Waals surface area contributed by atoms with E-state index in [1.165, 1.54) is 11.8 Å². The van der Waals surface area contributed by atoms with Gasteiger partial charge in [-0.05, 0) is 55.0 Å². The second kappa shape index (κ2) is 11.9. The zero-order valence-corrected chi connectivity index (χ0v) is 18.9. The smallest absolute Gasteiger partial charge is 0.316 e. The van der Waals surface area contributed by atoms with Crippen molar-refractivity contribution in [3.8, 4) is 17.0 Å². The fraction of sp³-hybridized carbons (Fsp3) is 0.240. The van der Waals surface area contributed by atoms with Gasteiger partial charge in [0.05, 0.1) is 11.4 Å². The standard InChI is InChI=1S/C25H26N2O4S/c1-18(20-8-10-21(11-9-20)23-5-3-4-14-26-23)27-31-16-15-30-22-12-6-19(7-13-22)17-24(32-2)25(28)29/h3-14,24H,15-17H2,1-2H3,(H,28,29)/b27-18+. The van der Waals surface area contributed by atoms with Crippen LogP contribution in [-0.2, 0) is 16.1 Å². The molecule has 0 fully saturated rings. The number of oxime groups is 1. The van der Waals surface area contributed by atoms with Gasteiger partial charge >= 0.3 is 5.97 Å². The zero-order chi connectivity index (χ0) is 22.8. The third kappa shape index (κ3) is 6.85. The number of thioether (sulfide) groups is 1. The number of pyridine rings is 1. The number of aromatic nitrogens is 1. The van der Waals surface area contributed by atoms with Gasteiger partial charge in [-0.3, -0.25) is 9.78 Å². The van der Waals surface area contributed by atoms with Gasteiger partial charge in [0.2, 0.25) is 0 Å². The molecule has 3 rings (SSSR count). The number of rotatable bonds is 11. The Balaban J connectivity index is 1.43. The largest absolute Gasteiger partial charge is 0.490 e. The molecule has 32 heavy (non-hydrogen) atoms. The van der Waals surface area contributed by atoms with Crippen LogP contribution in [0.4, 0.5) is 0 Å². The lowest BCUT2D eigenvalue weighted by atomic mass is 10.1. The number of ether oxygens (including phenoxy) is 1. The molecule has 3 aromatic rings. The van der Waals surface area contributed by atoms with E-state index in [0.717, 1.165) is 28.1 Å². The van der Waals surface area contributed by atoms with Crippen LogP contribution in [0.1, 0.15) is 18.1 Å². The molecule has 0 saturated heterocycles. The van der Waals surface area contributed by atoms with Gasteiger partial charge in [-0.2, -0.15) is 0 Å². The molecule has 0 aliphatic carbocycles. The number of benzene rings is 2. The quantitative estimate of drug-likeness (QED) is 0.254. The molecule has 0 saturated carbocycles. The first-order chi connectivity index (χ1) is 15.6. The summed E-state index contributed by atoms with van der Waals surface area (Å²) in [6, 6.07) is 21.3. The number of aliphatic carboxylic acids is 1. The van der Waals surface area contributed by atoms with Gasteiger partial charge in [-0.15, -0.1) is 11.8 Å². The minimum absolute atomic E-state index is 0.318. The molecule has 1 heterocycles. The van der Waals surface area contributed by atoms with Crippen LogP contribution in [0, 0.1) is 0 Å². The number of nitrogens with zero attached hydrogens (tertiary/aromatic N) is 2. The van der Waals surface area contributed by atoms with E-state index in [4.69, 9.17) is 14.7 Å². The third-order valence-corrected chi connectivity index (χ3v) is 5.75. The highest BCUT2D eigenvalue weighted by Gasteiger charge is 2.16. The molecule has 1 unspecified atom stereocenters. The highest BCUT2D eigenvalue weighted by Crippen LogP contribution is 2.19. The first-order valence-electron chi connectivity index (χ1n) is 10.2. The van der Waals surface area contributed by atoms with Crippen molar-refractivity contribution in [3.63, 3.8) is 0 Å². The molecule has 1 N–H and O–H groups in total. The molecular weight excluding hydrogens is 424 g/mol. The second-order valence-electron chi connectivity index (χ2n) is 7.06. The maximum atomic E-state index is 11.1. The first kappa shape index (κ1) is 23.3. The van der Waals surface area contributed by atoms with Crippen LogP contribution in [0.2, 0.25) is 0 Å². The van der Waals surface area contributed by atoms with E-state index in [0.29, 0.717) is 25.4 Å². The van der Waals surface area contributed by atoms with Crippen molar-refractivity contribution in [3.05, 3.63) is 84.1 Å². The van der Waals surface area contributed by atoms with Gasteiger partial charge in [0.15, 0.2) is 6.61 Å². The van der Waals surface area contributed by atoms with Gasteiger partial charge in [0.1, 0.15) is 17.6 Å². The van der Waals surface area contributed by atoms with Crippen LogP contribution in [0.15, 0.2) is 78.1 Å². The van der Waals surface area contributed by atoms with E-state index in [1.54, 1.807) is 12.5 Å². The fourth-order valence-corrected chi connectivity index (χ4v) is 3.58. The summed E-state index contributed by atoms with van der Waals surface area (Å²) in [5.74, 6) is -0.0887. The Morgan fingerprint density at radius 1 is 1.06 bits per heavy atom. The number of hydrogen-bond acceptors (Lipinski definition) is 6. The maximum Gasteiger partial charge on any atom is 0.316 e. The van der Waals surface area contributed by atoms with Crippen LogP contribution in [0.3, 0.4) is 0 Å². The van der Waals surface area contributed by atoms with Gasteiger partial charge in [0, 0.05) is 11.8 Å². The number of carboxylic acids is 1. The van der Waals surface area contributed by atoms with Crippen molar-refractivity contribution < 1.29 is 19.5 Å². The summed E-state index contributed by atoms with van der Waals surface area (Å²) < 4.78 is 5.67. The van der Waals surface area contributed by atoms with Crippen LogP contribution in [-0.4, -0.2) is 46.5 Å². The molecule has 7 heteroatoms. The van der Waals surface area contributed by atoms with Crippen molar-refractivity contribution in [2.45, 2.75) is 18.6 Å². The molecule has 0 aliphatic rings. The van der Waals surface area contributed by atoms with Crippen molar-refractivity contribution in [2.75, 3.05) is 19.5 Å². The predicted molar refractivity (Wildman–Crippen MR) is 128 cm³/mol. The lowest BCUT2D eigenvalue weighted by molar-refractivity contribution is -0.136. The van der Waals surface area contributed by atoms with E-state index in [9.17, 15) is 4.79 Å². The second-order valence-corrected chi connectivity index (χ2v) is 8.10. The van der Waals surface area contributed by atoms with Crippen LogP contribution in [0.25, 0.3) is 11.3 Å². The topological polar surface area (TPSA) is 81.0 Å². The Morgan fingerprint density at radius 2 is 1.81 bits per heavy atom. The third-order valence-electron chi connectivity index (χ3n) is 4.81. The lowest BCUT2D eigenvalue weighted by Gasteiger charge is -2.10. The van der Waals surface area contributed by atoms with Crippen molar-refractivity contribution in [2.24, 2.45) is 5.16 Å². The van der Waals surface area contributed by atoms with Crippen molar-refractivity contribution in [1.82, 2.24) is 4.98 Å². The summed E-state index contributed by atoms with van der Waals surface area (Å²) in [7, 11) is 0. The summed E-state index contributed by atoms with van der Waals surface area (Å²) in [5.41, 5.74) is 4.70. The van der Waals surface area contributed by atoms with E-state index < -0.39 is 11.2 Å². The predicted octanol–water partition coefficient (Wildman–Crippen LogP) is 4.93. The summed E-state index contributed by atoms with van der Waals surface area (Å²) in [6.45, 7) is 2.57. The molecule has 0 radical (unpaired) electrons. The minimum atomic E-state index is -0.796. The average Bonchev–Trinajstić information content (AvgIpc) is 2.83. The average molecular weight is 451 g/mol. The minimum Gasteiger partial charge on any atom is -0.490 e. The SMILES string of the molecule is CSC(Cc1ccc(OCCO/N=C(\C)c2ccc(-c3ccccn3)cc2)cc1)C(=O)O. The molecule has 0 bridgehead atoms. The summed E-state index contributed by atoms with van der Waals surface area (Å²) >= 11 is 1.33. The highest BCUT2D eigenvalue weighted by molar-refractivity contribution is 7.99. The molecule has 1 atom stereocenters. The molecule has 0 spiro atoms. The number of carboxylic acid groups (broad SMARTS) is 1. The fourth-order valence-electron chi connectivity index (χ4n) is 3.01. The van der Waals surface area contributed by atoms with Crippen LogP contribution in [0.5, 0.6) is 5.75 Å². The monoisotopic (exact) mass is 450 g/mol. The molecule has 1 aromatic heterocycles. The van der Waals surface area contributed by atoms with Crippen molar-refractivity contribution in [1.29, 1.82) is 0 Å². The Labute approximate surface area is 192 Å². The van der Waals surface area contributed by atoms with Gasteiger partial charge in [-0.25, -0.2) is 0 Å². The van der Waals surface area contributed by atoms with Crippen molar-refractivity contribution >= 4 is 23.4 Å². The molecule has 0 aliphatic heterocycles. The molecule has 2 aromatic carbocycles. The maximum absolute atomic E-state index is 11.1.